The van der Waals surface area contributed by atoms with Crippen LogP contribution in [0.3, 0.4) is 0 Å². The van der Waals surface area contributed by atoms with E-state index in [9.17, 15) is 30.0 Å². The summed E-state index contributed by atoms with van der Waals surface area (Å²) >= 11 is 0. The van der Waals surface area contributed by atoms with Gasteiger partial charge in [0.2, 0.25) is 0 Å². The van der Waals surface area contributed by atoms with Crippen LogP contribution < -0.4 is 0 Å². The number of carbonyl (C=O) groups is 2. The van der Waals surface area contributed by atoms with Crippen molar-refractivity contribution in [2.75, 3.05) is 6.54 Å². The van der Waals surface area contributed by atoms with E-state index < -0.39 is 75.8 Å². The van der Waals surface area contributed by atoms with Gasteiger partial charge in [-0.3, -0.25) is 14.5 Å². The molecule has 36 heavy (non-hydrogen) atoms. The molecule has 6 saturated carbocycles. The molecule has 0 aromatic carbocycles. The number of carbonyl (C=O) groups excluding carboxylic acids is 2. The highest BCUT2D eigenvalue weighted by atomic mass is 16.6. The lowest BCUT2D eigenvalue weighted by Gasteiger charge is -2.71. The zero-order chi connectivity index (χ0) is 26.0. The molecule has 0 radical (unpaired) electrons. The number of hydrogen-bond acceptors (Lipinski definition) is 9. The van der Waals surface area contributed by atoms with Crippen molar-refractivity contribution in [3.05, 3.63) is 12.2 Å². The maximum atomic E-state index is 13.0. The first-order chi connectivity index (χ1) is 16.8. The van der Waals surface area contributed by atoms with Crippen LogP contribution in [-0.4, -0.2) is 91.5 Å². The highest BCUT2D eigenvalue weighted by molar-refractivity contribution is 5.72. The highest BCUT2D eigenvalue weighted by Crippen LogP contribution is 2.89. The summed E-state index contributed by atoms with van der Waals surface area (Å²) in [6, 6.07) is -0.607. The van der Waals surface area contributed by atoms with E-state index in [1.54, 1.807) is 6.92 Å². The minimum Gasteiger partial charge on any atom is -0.458 e. The number of nitrogens with zero attached hydrogens (tertiary/aromatic N) is 1. The Bertz CT molecular complexity index is 1110. The van der Waals surface area contributed by atoms with Crippen molar-refractivity contribution >= 4 is 11.9 Å². The summed E-state index contributed by atoms with van der Waals surface area (Å²) in [5.41, 5.74) is -5.51. The lowest BCUT2D eigenvalue weighted by molar-refractivity contribution is -0.345. The molecule has 3 heterocycles. The average molecular weight is 504 g/mol. The van der Waals surface area contributed by atoms with Crippen molar-refractivity contribution in [3.8, 4) is 0 Å². The van der Waals surface area contributed by atoms with Gasteiger partial charge in [-0.05, 0) is 31.6 Å². The Morgan fingerprint density at radius 1 is 1.19 bits per heavy atom. The Morgan fingerprint density at radius 2 is 1.89 bits per heavy atom. The molecule has 0 aromatic rings. The quantitative estimate of drug-likeness (QED) is 0.312. The molecule has 4 N–H and O–H groups in total. The van der Waals surface area contributed by atoms with Crippen LogP contribution in [0, 0.1) is 34.0 Å². The van der Waals surface area contributed by atoms with Crippen molar-refractivity contribution in [2.24, 2.45) is 34.0 Å². The van der Waals surface area contributed by atoms with Crippen LogP contribution in [0.2, 0.25) is 0 Å². The van der Waals surface area contributed by atoms with Crippen molar-refractivity contribution in [1.29, 1.82) is 0 Å². The number of ether oxygens (including phenoxy) is 2. The predicted molar refractivity (Wildman–Crippen MR) is 124 cm³/mol. The van der Waals surface area contributed by atoms with Crippen LogP contribution in [0.1, 0.15) is 53.4 Å². The van der Waals surface area contributed by atoms with Gasteiger partial charge in [-0.1, -0.05) is 32.9 Å². The van der Waals surface area contributed by atoms with Gasteiger partial charge in [0.05, 0.1) is 24.2 Å². The molecule has 9 aliphatic rings. The van der Waals surface area contributed by atoms with E-state index in [0.717, 1.165) is 0 Å². The van der Waals surface area contributed by atoms with Gasteiger partial charge in [-0.15, -0.1) is 0 Å². The van der Waals surface area contributed by atoms with Crippen molar-refractivity contribution < 1.29 is 39.5 Å². The molecule has 198 valence electrons. The maximum Gasteiger partial charge on any atom is 0.309 e. The monoisotopic (exact) mass is 503 g/mol. The van der Waals surface area contributed by atoms with Gasteiger partial charge in [0.25, 0.3) is 0 Å². The second-order valence-electron chi connectivity index (χ2n) is 13.3. The summed E-state index contributed by atoms with van der Waals surface area (Å²) in [6.45, 7) is 11.7. The van der Waals surface area contributed by atoms with E-state index in [4.69, 9.17) is 9.47 Å². The number of piperidine rings is 2. The third-order valence-corrected chi connectivity index (χ3v) is 12.3. The molecule has 6 aliphatic carbocycles. The normalized spacial score (nSPS) is 61.4. The van der Waals surface area contributed by atoms with Crippen LogP contribution in [0.25, 0.3) is 0 Å². The Kier molecular flexibility index (Phi) is 4.17. The van der Waals surface area contributed by atoms with Crippen molar-refractivity contribution in [3.63, 3.8) is 0 Å². The molecule has 9 bridgehead atoms. The van der Waals surface area contributed by atoms with Crippen molar-refractivity contribution in [2.45, 2.75) is 101 Å². The van der Waals surface area contributed by atoms with Crippen LogP contribution in [0.4, 0.5) is 0 Å². The fourth-order valence-corrected chi connectivity index (χ4v) is 11.4. The maximum absolute atomic E-state index is 13.0. The molecular formula is C27H37NO8. The topological polar surface area (TPSA) is 137 Å². The van der Waals surface area contributed by atoms with Crippen LogP contribution in [0.15, 0.2) is 12.2 Å². The fraction of sp³-hybridized carbons (Fsp3) is 0.852. The van der Waals surface area contributed by atoms with Gasteiger partial charge in [0, 0.05) is 41.7 Å². The standard InChI is InChI=1S/C27H37NO8/c1-6-11(2)21(32)36-15-9-25-17-14-8-24-7-12(3)16(19(31)27(24,25)34)18(30)26(24,33)22(25)28(14)10-23(17,5)20(15)35-13(4)29/h11,14-20,22,30-31,33-34H,3,6-10H2,1-2,4-5H3/t11?,14-,15+,16-,17+,18+,19+,20+,22-,23-,24-,25+,26-,27-/m0/s1. The van der Waals surface area contributed by atoms with Gasteiger partial charge >= 0.3 is 11.9 Å². The second kappa shape index (κ2) is 6.37. The Hall–Kier alpha value is -1.52. The summed E-state index contributed by atoms with van der Waals surface area (Å²) in [6.07, 6.45) is -2.61. The summed E-state index contributed by atoms with van der Waals surface area (Å²) < 4.78 is 12.0. The predicted octanol–water partition coefficient (Wildman–Crippen LogP) is 0.132. The van der Waals surface area contributed by atoms with E-state index in [-0.39, 0.29) is 24.3 Å². The molecule has 2 spiro atoms. The lowest BCUT2D eigenvalue weighted by Crippen LogP contribution is -2.83. The third-order valence-electron chi connectivity index (χ3n) is 12.3. The molecule has 9 heteroatoms. The summed E-state index contributed by atoms with van der Waals surface area (Å²) in [5.74, 6) is -2.25. The van der Waals surface area contributed by atoms with E-state index in [1.165, 1.54) is 6.92 Å². The zero-order valence-electron chi connectivity index (χ0n) is 21.3. The first kappa shape index (κ1) is 23.6. The van der Waals surface area contributed by atoms with E-state index in [2.05, 4.69) is 11.5 Å². The van der Waals surface area contributed by atoms with Gasteiger partial charge in [-0.2, -0.15) is 0 Å². The molecule has 9 rings (SSSR count). The highest BCUT2D eigenvalue weighted by Gasteiger charge is 3.00. The van der Waals surface area contributed by atoms with Gasteiger partial charge in [0.15, 0.2) is 0 Å². The summed E-state index contributed by atoms with van der Waals surface area (Å²) in [5, 5.41) is 48.6. The lowest BCUT2D eigenvalue weighted by atomic mass is 9.36. The molecule has 3 saturated heterocycles. The summed E-state index contributed by atoms with van der Waals surface area (Å²) in [4.78, 5) is 27.5. The number of fused-ring (bicyclic) bond motifs is 1. The van der Waals surface area contributed by atoms with Crippen molar-refractivity contribution in [1.82, 2.24) is 4.90 Å². The number of rotatable bonds is 4. The van der Waals surface area contributed by atoms with Crippen LogP contribution in [0.5, 0.6) is 0 Å². The van der Waals surface area contributed by atoms with Gasteiger partial charge in [0.1, 0.15) is 23.4 Å². The molecule has 15 atom stereocenters. The molecule has 3 aliphatic heterocycles. The average Bonchev–Trinajstić information content (AvgIpc) is 3.23. The van der Waals surface area contributed by atoms with Gasteiger partial charge < -0.3 is 29.9 Å². The number of esters is 2. The van der Waals surface area contributed by atoms with Crippen LogP contribution in [-0.2, 0) is 19.1 Å². The molecular weight excluding hydrogens is 466 g/mol. The molecule has 2 unspecified atom stereocenters. The largest absolute Gasteiger partial charge is 0.458 e. The van der Waals surface area contributed by atoms with E-state index in [0.29, 0.717) is 31.4 Å². The first-order valence-corrected chi connectivity index (χ1v) is 13.4. The molecule has 9 fully saturated rings. The molecule has 9 nitrogen and oxygen atoms in total. The van der Waals surface area contributed by atoms with E-state index in [1.807, 2.05) is 13.8 Å². The molecule has 0 aromatic heterocycles. The number of aliphatic hydroxyl groups is 4. The minimum absolute atomic E-state index is 0.00771. The van der Waals surface area contributed by atoms with Crippen LogP contribution >= 0.6 is 0 Å². The smallest absolute Gasteiger partial charge is 0.309 e. The third kappa shape index (κ3) is 1.92. The van der Waals surface area contributed by atoms with Gasteiger partial charge in [-0.25, -0.2) is 0 Å². The van der Waals surface area contributed by atoms with E-state index >= 15 is 0 Å². The molecule has 0 amide bonds. The SMILES string of the molecule is C=C1C[C@]23C[C@H]4[C@@H]5[C@]6(C)CN4[C@@H]4[C@@]2(O)[C@H](O)[C@H]1[C@@H](O)[C@@]3(O)[C@]54C[C@@H](OC(=O)C(C)CC)[C@H]6OC(C)=O. The Morgan fingerprint density at radius 3 is 2.53 bits per heavy atom. The Labute approximate surface area is 210 Å². The minimum atomic E-state index is -1.70. The zero-order valence-corrected chi connectivity index (χ0v) is 21.3. The second-order valence-corrected chi connectivity index (χ2v) is 13.3. The summed E-state index contributed by atoms with van der Waals surface area (Å²) in [7, 11) is 0. The Balaban J connectivity index is 1.44. The first-order valence-electron chi connectivity index (χ1n) is 13.4. The number of aliphatic hydroxyl groups excluding tert-OH is 2. The fourth-order valence-electron chi connectivity index (χ4n) is 11.4. The number of hydrogen-bond donors (Lipinski definition) is 4.